The van der Waals surface area contributed by atoms with Crippen LogP contribution in [0.15, 0.2) is 53.6 Å². The Hall–Kier alpha value is -2.78. The van der Waals surface area contributed by atoms with Gasteiger partial charge in [0.15, 0.2) is 0 Å². The van der Waals surface area contributed by atoms with Crippen LogP contribution < -0.4 is 4.72 Å². The van der Waals surface area contributed by atoms with E-state index in [1.807, 2.05) is 18.2 Å². The van der Waals surface area contributed by atoms with Gasteiger partial charge in [-0.25, -0.2) is 13.1 Å². The van der Waals surface area contributed by atoms with E-state index in [4.69, 9.17) is 0 Å². The fraction of sp³-hybridized carbons (Fsp3) is 0.381. The Morgan fingerprint density at radius 1 is 0.967 bits per heavy atom. The molecule has 9 heteroatoms. The Bertz CT molecular complexity index is 970. The molecule has 1 fully saturated rings. The van der Waals surface area contributed by atoms with Gasteiger partial charge in [-0.15, -0.1) is 0 Å². The number of amides is 2. The summed E-state index contributed by atoms with van der Waals surface area (Å²) in [5.74, 6) is 0.0659. The highest BCUT2D eigenvalue weighted by Crippen LogP contribution is 2.13. The molecule has 2 aromatic rings. The van der Waals surface area contributed by atoms with E-state index in [-0.39, 0.29) is 23.1 Å². The Balaban J connectivity index is 1.44. The standard InChI is InChI=1S/C21H26N4O4S/c1-22-30(28,29)19-8-5-17(6-9-19)7-10-20(26)24-12-14-25(15-13-24)21(27)16-18-4-2-3-11-23-18/h2-6,8-9,11,22H,7,10,12-16H2,1H3. The summed E-state index contributed by atoms with van der Waals surface area (Å²) in [4.78, 5) is 32.9. The quantitative estimate of drug-likeness (QED) is 0.702. The van der Waals surface area contributed by atoms with Crippen LogP contribution >= 0.6 is 0 Å². The van der Waals surface area contributed by atoms with Gasteiger partial charge in [0, 0.05) is 44.5 Å². The molecule has 0 spiro atoms. The summed E-state index contributed by atoms with van der Waals surface area (Å²) in [5.41, 5.74) is 1.65. The first kappa shape index (κ1) is 21.9. The maximum atomic E-state index is 12.5. The molecule has 0 radical (unpaired) electrons. The molecule has 30 heavy (non-hydrogen) atoms. The average molecular weight is 431 g/mol. The third kappa shape index (κ3) is 5.64. The third-order valence-corrected chi connectivity index (χ3v) is 6.60. The van der Waals surface area contributed by atoms with Crippen LogP contribution in [0.5, 0.6) is 0 Å². The molecule has 2 heterocycles. The van der Waals surface area contributed by atoms with E-state index >= 15 is 0 Å². The topological polar surface area (TPSA) is 99.7 Å². The number of benzene rings is 1. The van der Waals surface area contributed by atoms with E-state index < -0.39 is 10.0 Å². The largest absolute Gasteiger partial charge is 0.339 e. The Kier molecular flexibility index (Phi) is 7.17. The second-order valence-corrected chi connectivity index (χ2v) is 9.00. The number of nitrogens with one attached hydrogen (secondary N) is 1. The summed E-state index contributed by atoms with van der Waals surface area (Å²) < 4.78 is 25.8. The number of carbonyl (C=O) groups excluding carboxylic acids is 2. The highest BCUT2D eigenvalue weighted by molar-refractivity contribution is 7.89. The van der Waals surface area contributed by atoms with Crippen molar-refractivity contribution in [2.45, 2.75) is 24.2 Å². The number of hydrogen-bond acceptors (Lipinski definition) is 5. The summed E-state index contributed by atoms with van der Waals surface area (Å²) in [6.45, 7) is 2.08. The molecule has 1 saturated heterocycles. The van der Waals surface area contributed by atoms with E-state index in [0.29, 0.717) is 39.0 Å². The van der Waals surface area contributed by atoms with E-state index in [1.165, 1.54) is 19.2 Å². The minimum absolute atomic E-state index is 0.0254. The Labute approximate surface area is 177 Å². The summed E-state index contributed by atoms with van der Waals surface area (Å²) in [6.07, 6.45) is 2.83. The minimum Gasteiger partial charge on any atom is -0.339 e. The highest BCUT2D eigenvalue weighted by atomic mass is 32.2. The molecule has 1 aromatic carbocycles. The number of nitrogens with zero attached hydrogens (tertiary/aromatic N) is 3. The number of rotatable bonds is 7. The first-order chi connectivity index (χ1) is 14.4. The van der Waals surface area contributed by atoms with Gasteiger partial charge in [-0.1, -0.05) is 18.2 Å². The smallest absolute Gasteiger partial charge is 0.240 e. The minimum atomic E-state index is -3.46. The fourth-order valence-electron chi connectivity index (χ4n) is 3.34. The lowest BCUT2D eigenvalue weighted by Gasteiger charge is -2.35. The van der Waals surface area contributed by atoms with Crippen LogP contribution in [0.2, 0.25) is 0 Å². The molecule has 3 rings (SSSR count). The van der Waals surface area contributed by atoms with Gasteiger partial charge in [0.25, 0.3) is 0 Å². The van der Waals surface area contributed by atoms with Crippen molar-refractivity contribution < 1.29 is 18.0 Å². The van der Waals surface area contributed by atoms with Gasteiger partial charge in [0.2, 0.25) is 21.8 Å². The molecule has 0 saturated carbocycles. The molecule has 1 aromatic heterocycles. The van der Waals surface area contributed by atoms with Crippen molar-refractivity contribution in [3.63, 3.8) is 0 Å². The number of pyridine rings is 1. The van der Waals surface area contributed by atoms with E-state index in [2.05, 4.69) is 9.71 Å². The average Bonchev–Trinajstić information content (AvgIpc) is 2.78. The highest BCUT2D eigenvalue weighted by Gasteiger charge is 2.24. The van der Waals surface area contributed by atoms with Gasteiger partial charge >= 0.3 is 0 Å². The van der Waals surface area contributed by atoms with Gasteiger partial charge in [0.1, 0.15) is 0 Å². The van der Waals surface area contributed by atoms with Crippen LogP contribution in [-0.2, 0) is 32.5 Å². The van der Waals surface area contributed by atoms with Crippen LogP contribution in [0, 0.1) is 0 Å². The van der Waals surface area contributed by atoms with Crippen molar-refractivity contribution in [2.24, 2.45) is 0 Å². The molecule has 1 N–H and O–H groups in total. The van der Waals surface area contributed by atoms with Crippen molar-refractivity contribution in [3.05, 3.63) is 59.9 Å². The molecule has 0 aliphatic carbocycles. The van der Waals surface area contributed by atoms with Crippen LogP contribution in [0.25, 0.3) is 0 Å². The van der Waals surface area contributed by atoms with Crippen LogP contribution in [0.1, 0.15) is 17.7 Å². The van der Waals surface area contributed by atoms with Gasteiger partial charge < -0.3 is 9.80 Å². The first-order valence-electron chi connectivity index (χ1n) is 9.87. The van der Waals surface area contributed by atoms with Gasteiger partial charge in [-0.3, -0.25) is 14.6 Å². The SMILES string of the molecule is CNS(=O)(=O)c1ccc(CCC(=O)N2CCN(C(=O)Cc3ccccn3)CC2)cc1. The number of piperazine rings is 1. The summed E-state index contributed by atoms with van der Waals surface area (Å²) in [5, 5.41) is 0. The molecule has 1 aliphatic rings. The summed E-state index contributed by atoms with van der Waals surface area (Å²) in [7, 11) is -2.09. The lowest BCUT2D eigenvalue weighted by Crippen LogP contribution is -2.51. The summed E-state index contributed by atoms with van der Waals surface area (Å²) >= 11 is 0. The number of hydrogen-bond donors (Lipinski definition) is 1. The van der Waals surface area contributed by atoms with Crippen LogP contribution in [0.4, 0.5) is 0 Å². The maximum Gasteiger partial charge on any atom is 0.240 e. The van der Waals surface area contributed by atoms with Crippen LogP contribution in [0.3, 0.4) is 0 Å². The summed E-state index contributed by atoms with van der Waals surface area (Å²) in [6, 6.07) is 12.0. The van der Waals surface area contributed by atoms with Crippen molar-refractivity contribution in [1.82, 2.24) is 19.5 Å². The third-order valence-electron chi connectivity index (χ3n) is 5.17. The maximum absolute atomic E-state index is 12.5. The van der Waals surface area contributed by atoms with Gasteiger partial charge in [0.05, 0.1) is 11.3 Å². The second-order valence-electron chi connectivity index (χ2n) is 7.11. The molecule has 160 valence electrons. The predicted molar refractivity (Wildman–Crippen MR) is 112 cm³/mol. The molecule has 0 atom stereocenters. The molecular weight excluding hydrogens is 404 g/mol. The lowest BCUT2D eigenvalue weighted by molar-refractivity contribution is -0.139. The second kappa shape index (κ2) is 9.82. The van der Waals surface area contributed by atoms with Crippen molar-refractivity contribution in [3.8, 4) is 0 Å². The number of sulfonamides is 1. The number of aromatic nitrogens is 1. The Morgan fingerprint density at radius 3 is 2.17 bits per heavy atom. The zero-order valence-electron chi connectivity index (χ0n) is 17.0. The van der Waals surface area contributed by atoms with Crippen molar-refractivity contribution in [1.29, 1.82) is 0 Å². The fourth-order valence-corrected chi connectivity index (χ4v) is 4.07. The molecule has 0 unspecified atom stereocenters. The molecule has 2 amide bonds. The van der Waals surface area contributed by atoms with E-state index in [0.717, 1.165) is 11.3 Å². The predicted octanol–water partition coefficient (Wildman–Crippen LogP) is 0.836. The van der Waals surface area contributed by atoms with Crippen molar-refractivity contribution in [2.75, 3.05) is 33.2 Å². The number of aryl methyl sites for hydroxylation is 1. The number of carbonyl (C=O) groups is 2. The van der Waals surface area contributed by atoms with Crippen LogP contribution in [-0.4, -0.2) is 68.2 Å². The molecule has 8 nitrogen and oxygen atoms in total. The monoisotopic (exact) mass is 430 g/mol. The zero-order chi connectivity index (χ0) is 21.6. The normalized spacial score (nSPS) is 14.6. The molecular formula is C21H26N4O4S. The first-order valence-corrected chi connectivity index (χ1v) is 11.4. The Morgan fingerprint density at radius 2 is 1.60 bits per heavy atom. The zero-order valence-corrected chi connectivity index (χ0v) is 17.8. The van der Waals surface area contributed by atoms with Gasteiger partial charge in [-0.05, 0) is 43.3 Å². The van der Waals surface area contributed by atoms with Gasteiger partial charge in [-0.2, -0.15) is 0 Å². The molecule has 0 bridgehead atoms. The van der Waals surface area contributed by atoms with E-state index in [9.17, 15) is 18.0 Å². The lowest BCUT2D eigenvalue weighted by atomic mass is 10.1. The van der Waals surface area contributed by atoms with Crippen molar-refractivity contribution >= 4 is 21.8 Å². The van der Waals surface area contributed by atoms with E-state index in [1.54, 1.807) is 28.1 Å². The molecule has 1 aliphatic heterocycles.